The highest BCUT2D eigenvalue weighted by molar-refractivity contribution is 6.30. The van der Waals surface area contributed by atoms with Gasteiger partial charge in [0.1, 0.15) is 11.4 Å². The summed E-state index contributed by atoms with van der Waals surface area (Å²) in [6, 6.07) is 23.2. The van der Waals surface area contributed by atoms with Gasteiger partial charge < -0.3 is 14.2 Å². The summed E-state index contributed by atoms with van der Waals surface area (Å²) < 4.78 is 8.13. The monoisotopic (exact) mass is 575 g/mol. The molecule has 7 heteroatoms. The number of hydrogen-bond acceptors (Lipinski definition) is 3. The third-order valence-corrected chi connectivity index (χ3v) is 8.41. The average molecular weight is 577 g/mol. The number of amides is 1. The molecule has 208 valence electrons. The highest BCUT2D eigenvalue weighted by atomic mass is 35.5. The van der Waals surface area contributed by atoms with E-state index in [1.807, 2.05) is 49.9 Å². The van der Waals surface area contributed by atoms with Crippen LogP contribution in [-0.4, -0.2) is 39.2 Å². The number of ether oxygens (including phenoxy) is 1. The Morgan fingerprint density at radius 1 is 0.850 bits per heavy atom. The summed E-state index contributed by atoms with van der Waals surface area (Å²) in [5, 5.41) is 1.44. The molecule has 0 unspecified atom stereocenters. The van der Waals surface area contributed by atoms with Crippen LogP contribution in [0.25, 0.3) is 11.0 Å². The minimum atomic E-state index is -0.491. The van der Waals surface area contributed by atoms with Gasteiger partial charge in [0, 0.05) is 41.0 Å². The lowest BCUT2D eigenvalue weighted by Crippen LogP contribution is -2.42. The van der Waals surface area contributed by atoms with Crippen molar-refractivity contribution in [1.29, 1.82) is 0 Å². The van der Waals surface area contributed by atoms with Crippen molar-refractivity contribution in [2.75, 3.05) is 13.1 Å². The van der Waals surface area contributed by atoms with Crippen LogP contribution in [0.5, 0.6) is 0 Å². The number of hydrogen-bond donors (Lipinski definition) is 0. The molecule has 0 spiro atoms. The first-order chi connectivity index (χ1) is 19.2. The molecule has 0 bridgehead atoms. The maximum absolute atomic E-state index is 12.7. The van der Waals surface area contributed by atoms with Crippen LogP contribution in [0.2, 0.25) is 10.0 Å². The minimum Gasteiger partial charge on any atom is -0.444 e. The van der Waals surface area contributed by atoms with Gasteiger partial charge in [-0.25, -0.2) is 9.78 Å². The lowest BCUT2D eigenvalue weighted by molar-refractivity contribution is 0.0189. The van der Waals surface area contributed by atoms with Crippen LogP contribution in [0.3, 0.4) is 0 Å². The summed E-state index contributed by atoms with van der Waals surface area (Å²) in [7, 11) is 0. The Morgan fingerprint density at radius 3 is 1.93 bits per heavy atom. The van der Waals surface area contributed by atoms with E-state index >= 15 is 0 Å². The first-order valence-electron chi connectivity index (χ1n) is 14.2. The number of halogens is 2. The number of carbonyl (C=O) groups is 1. The van der Waals surface area contributed by atoms with Crippen molar-refractivity contribution in [3.63, 3.8) is 0 Å². The molecule has 3 aromatic carbocycles. The molecule has 4 aromatic rings. The van der Waals surface area contributed by atoms with Crippen molar-refractivity contribution < 1.29 is 9.53 Å². The third kappa shape index (κ3) is 5.73. The van der Waals surface area contributed by atoms with Crippen LogP contribution in [0.4, 0.5) is 4.79 Å². The van der Waals surface area contributed by atoms with Crippen LogP contribution in [-0.2, 0) is 4.74 Å². The van der Waals surface area contributed by atoms with Crippen molar-refractivity contribution in [1.82, 2.24) is 14.5 Å². The molecule has 1 aromatic heterocycles. The van der Waals surface area contributed by atoms with Gasteiger partial charge in [-0.1, -0.05) is 53.5 Å². The van der Waals surface area contributed by atoms with Gasteiger partial charge in [-0.3, -0.25) is 0 Å². The summed E-state index contributed by atoms with van der Waals surface area (Å²) in [6.07, 6.45) is 3.91. The first-order valence-corrected chi connectivity index (χ1v) is 14.9. The maximum atomic E-state index is 12.7. The number of imidazole rings is 1. The molecule has 0 radical (unpaired) electrons. The zero-order valence-corrected chi connectivity index (χ0v) is 24.8. The quantitative estimate of drug-likeness (QED) is 0.223. The maximum Gasteiger partial charge on any atom is 0.410 e. The molecule has 1 amide bonds. The fourth-order valence-corrected chi connectivity index (χ4v) is 6.09. The number of piperidine rings is 1. The first kappa shape index (κ1) is 27.2. The van der Waals surface area contributed by atoms with Crippen LogP contribution in [0.15, 0.2) is 66.7 Å². The lowest BCUT2D eigenvalue weighted by atomic mass is 9.85. The zero-order valence-electron chi connectivity index (χ0n) is 23.2. The number of likely N-dealkylation sites (tertiary alicyclic amines) is 1. The molecule has 1 aliphatic heterocycles. The Bertz CT molecular complexity index is 1470. The summed E-state index contributed by atoms with van der Waals surface area (Å²) in [5.41, 5.74) is 5.26. The van der Waals surface area contributed by atoms with Gasteiger partial charge in [0.15, 0.2) is 0 Å². The van der Waals surface area contributed by atoms with E-state index in [-0.39, 0.29) is 12.0 Å². The number of fused-ring (bicyclic) bond motifs is 1. The molecule has 2 fully saturated rings. The molecule has 0 N–H and O–H groups in total. The molecule has 5 nitrogen and oxygen atoms in total. The molecule has 1 saturated carbocycles. The fraction of sp³-hybridized carbons (Fsp3) is 0.394. The van der Waals surface area contributed by atoms with Crippen LogP contribution in [0, 0.1) is 0 Å². The van der Waals surface area contributed by atoms with Crippen molar-refractivity contribution in [3.05, 3.63) is 99.3 Å². The lowest BCUT2D eigenvalue weighted by Gasteiger charge is -2.34. The van der Waals surface area contributed by atoms with Gasteiger partial charge in [0.05, 0.1) is 11.0 Å². The Morgan fingerprint density at radius 2 is 1.40 bits per heavy atom. The summed E-state index contributed by atoms with van der Waals surface area (Å²) >= 11 is 12.5. The van der Waals surface area contributed by atoms with E-state index in [9.17, 15) is 4.79 Å². The van der Waals surface area contributed by atoms with Crippen LogP contribution >= 0.6 is 23.2 Å². The average Bonchev–Trinajstić information content (AvgIpc) is 3.70. The van der Waals surface area contributed by atoms with Gasteiger partial charge in [-0.2, -0.15) is 0 Å². The predicted molar refractivity (Wildman–Crippen MR) is 162 cm³/mol. The Balaban J connectivity index is 1.37. The molecule has 2 aliphatic rings. The molecular weight excluding hydrogens is 541 g/mol. The highest BCUT2D eigenvalue weighted by Crippen LogP contribution is 2.44. The second-order valence-corrected chi connectivity index (χ2v) is 13.0. The summed E-state index contributed by atoms with van der Waals surface area (Å²) in [4.78, 5) is 19.7. The molecule has 40 heavy (non-hydrogen) atoms. The Labute approximate surface area is 246 Å². The largest absolute Gasteiger partial charge is 0.444 e. The van der Waals surface area contributed by atoms with Crippen molar-refractivity contribution in [3.8, 4) is 0 Å². The van der Waals surface area contributed by atoms with Gasteiger partial charge in [0.25, 0.3) is 0 Å². The molecule has 1 aliphatic carbocycles. The van der Waals surface area contributed by atoms with E-state index in [2.05, 4.69) is 47.0 Å². The molecule has 1 saturated heterocycles. The normalized spacial score (nSPS) is 16.6. The Hall–Kier alpha value is -3.02. The number of aromatic nitrogens is 2. The van der Waals surface area contributed by atoms with Gasteiger partial charge in [-0.05, 0) is 99.5 Å². The van der Waals surface area contributed by atoms with E-state index in [4.69, 9.17) is 32.9 Å². The van der Waals surface area contributed by atoms with E-state index < -0.39 is 5.60 Å². The molecule has 6 rings (SSSR count). The summed E-state index contributed by atoms with van der Waals surface area (Å²) in [5.74, 6) is 1.74. The zero-order chi connectivity index (χ0) is 28.0. The summed E-state index contributed by atoms with van der Waals surface area (Å²) in [6.45, 7) is 7.10. The molecule has 0 atom stereocenters. The van der Waals surface area contributed by atoms with Gasteiger partial charge in [0.2, 0.25) is 0 Å². The van der Waals surface area contributed by atoms with E-state index in [1.54, 1.807) is 0 Å². The standard InChI is InChI=1S/C33H35Cl2N3O2/c1-33(2,3)40-32(39)37-18-16-27(17-19-37)38-29-20-24(10-15-28(29)36-31(38)23-4-5-23)30(21-6-11-25(34)12-7-21)22-8-13-26(35)14-9-22/h6-15,20,23,27,30H,4-5,16-19H2,1-3H3. The number of benzene rings is 3. The van der Waals surface area contributed by atoms with Crippen molar-refractivity contribution in [2.24, 2.45) is 0 Å². The van der Waals surface area contributed by atoms with Gasteiger partial charge in [-0.15, -0.1) is 0 Å². The topological polar surface area (TPSA) is 47.4 Å². The second kappa shape index (κ2) is 10.8. The number of carbonyl (C=O) groups excluding carboxylic acids is 1. The fourth-order valence-electron chi connectivity index (χ4n) is 5.84. The second-order valence-electron chi connectivity index (χ2n) is 12.1. The van der Waals surface area contributed by atoms with E-state index in [1.165, 1.54) is 40.9 Å². The predicted octanol–water partition coefficient (Wildman–Crippen LogP) is 8.97. The van der Waals surface area contributed by atoms with E-state index in [0.29, 0.717) is 25.0 Å². The SMILES string of the molecule is CC(C)(C)OC(=O)N1CCC(n2c(C3CC3)nc3ccc(C(c4ccc(Cl)cc4)c4ccc(Cl)cc4)cc32)CC1. The van der Waals surface area contributed by atoms with Crippen molar-refractivity contribution >= 4 is 40.3 Å². The highest BCUT2D eigenvalue weighted by Gasteiger charge is 2.34. The van der Waals surface area contributed by atoms with Crippen molar-refractivity contribution in [2.45, 2.75) is 69.9 Å². The van der Waals surface area contributed by atoms with E-state index in [0.717, 1.165) is 28.4 Å². The van der Waals surface area contributed by atoms with Crippen LogP contribution < -0.4 is 0 Å². The number of rotatable bonds is 5. The third-order valence-electron chi connectivity index (χ3n) is 7.90. The Kier molecular flexibility index (Phi) is 7.30. The minimum absolute atomic E-state index is 0.0284. The molecule has 2 heterocycles. The van der Waals surface area contributed by atoms with Crippen LogP contribution in [0.1, 0.15) is 86.8 Å². The molecular formula is C33H35Cl2N3O2. The smallest absolute Gasteiger partial charge is 0.410 e. The van der Waals surface area contributed by atoms with Gasteiger partial charge >= 0.3 is 6.09 Å². The number of nitrogens with zero attached hydrogens (tertiary/aromatic N) is 3.